The van der Waals surface area contributed by atoms with Gasteiger partial charge >= 0.3 is 0 Å². The average molecular weight is 288 g/mol. The van der Waals surface area contributed by atoms with Gasteiger partial charge in [-0.15, -0.1) is 0 Å². The first-order valence-electron chi connectivity index (χ1n) is 6.39. The van der Waals surface area contributed by atoms with E-state index >= 15 is 0 Å². The Hall–Kier alpha value is -1.84. The molecule has 2 aromatic rings. The van der Waals surface area contributed by atoms with Gasteiger partial charge in [0.05, 0.1) is 17.0 Å². The van der Waals surface area contributed by atoms with Crippen molar-refractivity contribution in [2.75, 3.05) is 6.54 Å². The number of rotatable bonds is 6. The lowest BCUT2D eigenvalue weighted by molar-refractivity contribution is 0.377. The standard InChI is InChI=1S/C14H16N4OS/c1-10-4-5-11(9-16)14(18-10)20-13(3-2-7-15)12-6-8-17-19-12/h4-6,8,13H,2-3,7,15H2,1H3. The molecule has 20 heavy (non-hydrogen) atoms. The van der Waals surface area contributed by atoms with Crippen molar-refractivity contribution in [3.63, 3.8) is 0 Å². The van der Waals surface area contributed by atoms with Crippen LogP contribution in [-0.4, -0.2) is 16.7 Å². The quantitative estimate of drug-likeness (QED) is 0.822. The summed E-state index contributed by atoms with van der Waals surface area (Å²) in [7, 11) is 0. The molecule has 5 nitrogen and oxygen atoms in total. The Bertz CT molecular complexity index is 592. The number of nitrogens with two attached hydrogens (primary N) is 1. The maximum atomic E-state index is 9.17. The Labute approximate surface area is 122 Å². The lowest BCUT2D eigenvalue weighted by Crippen LogP contribution is -2.02. The molecular weight excluding hydrogens is 272 g/mol. The minimum Gasteiger partial charge on any atom is -0.360 e. The number of pyridine rings is 1. The van der Waals surface area contributed by atoms with Crippen LogP contribution in [0.4, 0.5) is 0 Å². The number of hydrogen-bond donors (Lipinski definition) is 1. The molecule has 2 N–H and O–H groups in total. The van der Waals surface area contributed by atoms with Gasteiger partial charge in [0.15, 0.2) is 0 Å². The van der Waals surface area contributed by atoms with Gasteiger partial charge in [-0.2, -0.15) is 5.26 Å². The summed E-state index contributed by atoms with van der Waals surface area (Å²) in [6, 6.07) is 7.65. The third-order valence-corrected chi connectivity index (χ3v) is 4.11. The van der Waals surface area contributed by atoms with Gasteiger partial charge in [-0.25, -0.2) is 4.98 Å². The minimum atomic E-state index is 0.0717. The lowest BCUT2D eigenvalue weighted by Gasteiger charge is -2.13. The number of thioether (sulfide) groups is 1. The first-order valence-corrected chi connectivity index (χ1v) is 7.27. The van der Waals surface area contributed by atoms with Crippen molar-refractivity contribution in [3.8, 4) is 6.07 Å². The van der Waals surface area contributed by atoms with E-state index in [0.29, 0.717) is 12.1 Å². The second-order valence-electron chi connectivity index (χ2n) is 4.37. The summed E-state index contributed by atoms with van der Waals surface area (Å²) in [5.74, 6) is 0.788. The van der Waals surface area contributed by atoms with E-state index in [2.05, 4.69) is 16.2 Å². The van der Waals surface area contributed by atoms with E-state index in [9.17, 15) is 0 Å². The van der Waals surface area contributed by atoms with Gasteiger partial charge in [0.25, 0.3) is 0 Å². The predicted octanol–water partition coefficient (Wildman–Crippen LogP) is 2.82. The predicted molar refractivity (Wildman–Crippen MR) is 77.1 cm³/mol. The van der Waals surface area contributed by atoms with Crippen molar-refractivity contribution in [1.29, 1.82) is 5.26 Å². The highest BCUT2D eigenvalue weighted by molar-refractivity contribution is 7.99. The number of hydrogen-bond acceptors (Lipinski definition) is 6. The monoisotopic (exact) mass is 288 g/mol. The second kappa shape index (κ2) is 7.08. The Balaban J connectivity index is 2.24. The molecule has 0 aliphatic carbocycles. The van der Waals surface area contributed by atoms with Crippen LogP contribution in [0.5, 0.6) is 0 Å². The lowest BCUT2D eigenvalue weighted by atomic mass is 10.2. The molecule has 2 heterocycles. The molecule has 0 aromatic carbocycles. The van der Waals surface area contributed by atoms with Crippen LogP contribution in [-0.2, 0) is 0 Å². The van der Waals surface area contributed by atoms with Crippen LogP contribution >= 0.6 is 11.8 Å². The van der Waals surface area contributed by atoms with Crippen LogP contribution in [0.2, 0.25) is 0 Å². The topological polar surface area (TPSA) is 88.7 Å². The van der Waals surface area contributed by atoms with E-state index < -0.39 is 0 Å². The molecule has 0 fully saturated rings. The molecule has 1 atom stereocenters. The molecule has 1 unspecified atom stereocenters. The van der Waals surface area contributed by atoms with Crippen molar-refractivity contribution in [2.24, 2.45) is 5.73 Å². The zero-order valence-corrected chi connectivity index (χ0v) is 12.1. The molecule has 0 aliphatic heterocycles. The zero-order chi connectivity index (χ0) is 14.4. The molecule has 6 heteroatoms. The summed E-state index contributed by atoms with van der Waals surface area (Å²) in [6.45, 7) is 2.53. The molecule has 0 amide bonds. The van der Waals surface area contributed by atoms with Gasteiger partial charge in [0, 0.05) is 11.8 Å². The van der Waals surface area contributed by atoms with E-state index in [1.165, 1.54) is 11.8 Å². The second-order valence-corrected chi connectivity index (χ2v) is 5.56. The van der Waals surface area contributed by atoms with Gasteiger partial charge in [0.2, 0.25) is 0 Å². The third kappa shape index (κ3) is 3.59. The largest absolute Gasteiger partial charge is 0.360 e. The number of aryl methyl sites for hydroxylation is 1. The fourth-order valence-corrected chi connectivity index (χ4v) is 3.03. The highest BCUT2D eigenvalue weighted by Crippen LogP contribution is 2.38. The Morgan fingerprint density at radius 3 is 2.95 bits per heavy atom. The highest BCUT2D eigenvalue weighted by atomic mass is 32.2. The molecule has 0 bridgehead atoms. The molecular formula is C14H16N4OS. The van der Waals surface area contributed by atoms with Crippen LogP contribution < -0.4 is 5.73 Å². The fraction of sp³-hybridized carbons (Fsp3) is 0.357. The van der Waals surface area contributed by atoms with Gasteiger partial charge in [-0.3, -0.25) is 0 Å². The molecule has 0 saturated heterocycles. The normalized spacial score (nSPS) is 12.1. The third-order valence-electron chi connectivity index (χ3n) is 2.82. The van der Waals surface area contributed by atoms with Crippen LogP contribution in [0.15, 0.2) is 33.9 Å². The summed E-state index contributed by atoms with van der Waals surface area (Å²) < 4.78 is 5.25. The minimum absolute atomic E-state index is 0.0717. The first-order chi connectivity index (χ1) is 9.74. The molecule has 2 rings (SSSR count). The summed E-state index contributed by atoms with van der Waals surface area (Å²) in [4.78, 5) is 4.45. The zero-order valence-electron chi connectivity index (χ0n) is 11.2. The van der Waals surface area contributed by atoms with E-state index in [4.69, 9.17) is 15.5 Å². The van der Waals surface area contributed by atoms with Crippen molar-refractivity contribution in [1.82, 2.24) is 10.1 Å². The molecule has 0 radical (unpaired) electrons. The van der Waals surface area contributed by atoms with Gasteiger partial charge < -0.3 is 10.3 Å². The number of nitrogens with zero attached hydrogens (tertiary/aromatic N) is 3. The Morgan fingerprint density at radius 1 is 1.45 bits per heavy atom. The summed E-state index contributed by atoms with van der Waals surface area (Å²) in [5.41, 5.74) is 7.05. The van der Waals surface area contributed by atoms with Crippen molar-refractivity contribution in [3.05, 3.63) is 41.4 Å². The summed E-state index contributed by atoms with van der Waals surface area (Å²) in [5, 5.41) is 13.7. The summed E-state index contributed by atoms with van der Waals surface area (Å²) in [6.07, 6.45) is 3.36. The first kappa shape index (κ1) is 14.6. The van der Waals surface area contributed by atoms with Crippen molar-refractivity contribution < 1.29 is 4.52 Å². The molecule has 0 saturated carbocycles. The maximum Gasteiger partial charge on any atom is 0.150 e. The molecule has 0 spiro atoms. The SMILES string of the molecule is Cc1ccc(C#N)c(SC(CCCN)c2ccno2)n1. The van der Waals surface area contributed by atoms with Crippen LogP contribution in [0, 0.1) is 18.3 Å². The summed E-state index contributed by atoms with van der Waals surface area (Å²) >= 11 is 1.53. The van der Waals surface area contributed by atoms with Crippen molar-refractivity contribution in [2.45, 2.75) is 30.0 Å². The molecule has 0 aliphatic rings. The van der Waals surface area contributed by atoms with Gasteiger partial charge in [-0.1, -0.05) is 16.9 Å². The average Bonchev–Trinajstić information content (AvgIpc) is 2.97. The van der Waals surface area contributed by atoms with E-state index in [0.717, 1.165) is 29.3 Å². The van der Waals surface area contributed by atoms with Gasteiger partial charge in [-0.05, 0) is 38.4 Å². The maximum absolute atomic E-state index is 9.17. The molecule has 2 aromatic heterocycles. The van der Waals surface area contributed by atoms with Crippen LogP contribution in [0.1, 0.15) is 35.1 Å². The highest BCUT2D eigenvalue weighted by Gasteiger charge is 2.19. The van der Waals surface area contributed by atoms with Crippen molar-refractivity contribution >= 4 is 11.8 Å². The fourth-order valence-electron chi connectivity index (χ4n) is 1.80. The Morgan fingerprint density at radius 2 is 2.30 bits per heavy atom. The van der Waals surface area contributed by atoms with Crippen LogP contribution in [0.3, 0.4) is 0 Å². The van der Waals surface area contributed by atoms with E-state index in [-0.39, 0.29) is 5.25 Å². The number of aromatic nitrogens is 2. The van der Waals surface area contributed by atoms with Crippen LogP contribution in [0.25, 0.3) is 0 Å². The van der Waals surface area contributed by atoms with E-state index in [1.54, 1.807) is 12.3 Å². The Kier molecular flexibility index (Phi) is 5.16. The molecule has 104 valence electrons. The number of nitriles is 1. The van der Waals surface area contributed by atoms with Gasteiger partial charge in [0.1, 0.15) is 16.9 Å². The van der Waals surface area contributed by atoms with E-state index in [1.807, 2.05) is 19.1 Å². The smallest absolute Gasteiger partial charge is 0.150 e.